The average Bonchev–Trinajstić information content (AvgIpc) is 2.61. The van der Waals surface area contributed by atoms with Gasteiger partial charge in [0.2, 0.25) is 0 Å². The first-order chi connectivity index (χ1) is 10.8. The van der Waals surface area contributed by atoms with Gasteiger partial charge in [0.25, 0.3) is 0 Å². The molecule has 2 rings (SSSR count). The summed E-state index contributed by atoms with van der Waals surface area (Å²) in [6.07, 6.45) is 11.9. The van der Waals surface area contributed by atoms with Gasteiger partial charge in [0, 0.05) is 12.7 Å². The molecule has 1 aromatic carbocycles. The van der Waals surface area contributed by atoms with E-state index in [0.717, 1.165) is 6.42 Å². The second-order valence-corrected chi connectivity index (χ2v) is 5.03. The fourth-order valence-corrected chi connectivity index (χ4v) is 2.44. The van der Waals surface area contributed by atoms with E-state index in [4.69, 9.17) is 0 Å². The van der Waals surface area contributed by atoms with Gasteiger partial charge in [-0.1, -0.05) is 77.0 Å². The van der Waals surface area contributed by atoms with E-state index >= 15 is 0 Å². The number of hydrogen-bond acceptors (Lipinski definition) is 1. The van der Waals surface area contributed by atoms with Crippen molar-refractivity contribution in [1.29, 1.82) is 0 Å². The summed E-state index contributed by atoms with van der Waals surface area (Å²) in [4.78, 5) is 0. The second kappa shape index (κ2) is 13.2. The molecular formula is C21H35N. The van der Waals surface area contributed by atoms with Crippen molar-refractivity contribution in [3.05, 3.63) is 53.6 Å². The first-order valence-corrected chi connectivity index (χ1v) is 8.95. The monoisotopic (exact) mass is 301 g/mol. The van der Waals surface area contributed by atoms with Gasteiger partial charge in [0.05, 0.1) is 0 Å². The molecule has 1 atom stereocenters. The van der Waals surface area contributed by atoms with E-state index in [1.54, 1.807) is 0 Å². The maximum absolute atomic E-state index is 3.15. The fourth-order valence-electron chi connectivity index (χ4n) is 2.44. The van der Waals surface area contributed by atoms with Gasteiger partial charge in [-0.2, -0.15) is 0 Å². The molecule has 1 unspecified atom stereocenters. The fraction of sp³-hybridized carbons (Fsp3) is 0.524. The van der Waals surface area contributed by atoms with E-state index in [1.165, 1.54) is 36.1 Å². The number of hydrogen-bond donors (Lipinski definition) is 1. The number of nitrogens with one attached hydrogen (secondary N) is 1. The van der Waals surface area contributed by atoms with Crippen molar-refractivity contribution in [1.82, 2.24) is 0 Å². The van der Waals surface area contributed by atoms with Crippen LogP contribution >= 0.6 is 0 Å². The second-order valence-electron chi connectivity index (χ2n) is 5.03. The lowest BCUT2D eigenvalue weighted by molar-refractivity contribution is 0.645. The summed E-state index contributed by atoms with van der Waals surface area (Å²) in [5.74, 6) is 0.672. The quantitative estimate of drug-likeness (QED) is 0.644. The molecular weight excluding hydrogens is 266 g/mol. The van der Waals surface area contributed by atoms with E-state index in [9.17, 15) is 0 Å². The van der Waals surface area contributed by atoms with Crippen LogP contribution in [0.4, 0.5) is 5.69 Å². The van der Waals surface area contributed by atoms with E-state index < -0.39 is 0 Å². The van der Waals surface area contributed by atoms with Crippen molar-refractivity contribution >= 4 is 5.69 Å². The van der Waals surface area contributed by atoms with Gasteiger partial charge < -0.3 is 5.32 Å². The largest absolute Gasteiger partial charge is 0.388 e. The van der Waals surface area contributed by atoms with Crippen LogP contribution in [0, 0.1) is 5.92 Å². The third-order valence-corrected chi connectivity index (χ3v) is 3.54. The summed E-state index contributed by atoms with van der Waals surface area (Å²) >= 11 is 0. The predicted molar refractivity (Wildman–Crippen MR) is 103 cm³/mol. The van der Waals surface area contributed by atoms with Crippen LogP contribution in [0.2, 0.25) is 0 Å². The Balaban J connectivity index is 0.00000102. The van der Waals surface area contributed by atoms with Gasteiger partial charge >= 0.3 is 0 Å². The van der Waals surface area contributed by atoms with Crippen LogP contribution in [0.15, 0.2) is 48.1 Å². The third-order valence-electron chi connectivity index (χ3n) is 3.54. The smallest absolute Gasteiger partial charge is 0.0337 e. The first-order valence-electron chi connectivity index (χ1n) is 8.95. The van der Waals surface area contributed by atoms with E-state index in [-0.39, 0.29) is 0 Å². The molecule has 1 N–H and O–H groups in total. The lowest BCUT2D eigenvalue weighted by Crippen LogP contribution is -2.04. The van der Waals surface area contributed by atoms with E-state index in [2.05, 4.69) is 54.7 Å². The van der Waals surface area contributed by atoms with Gasteiger partial charge in [-0.3, -0.25) is 0 Å². The minimum Gasteiger partial charge on any atom is -0.388 e. The zero-order valence-corrected chi connectivity index (χ0v) is 15.4. The summed E-state index contributed by atoms with van der Waals surface area (Å²) < 4.78 is 0. The van der Waals surface area contributed by atoms with Crippen LogP contribution in [0.1, 0.15) is 59.4 Å². The minimum absolute atomic E-state index is 0.672. The maximum Gasteiger partial charge on any atom is 0.0337 e. The molecule has 0 spiro atoms. The molecule has 0 heterocycles. The summed E-state index contributed by atoms with van der Waals surface area (Å²) in [6, 6.07) is 8.76. The molecule has 1 aliphatic carbocycles. The Morgan fingerprint density at radius 3 is 2.14 bits per heavy atom. The maximum atomic E-state index is 3.15. The Labute approximate surface area is 138 Å². The number of allylic oxidation sites excluding steroid dienone is 4. The zero-order valence-electron chi connectivity index (χ0n) is 15.4. The lowest BCUT2D eigenvalue weighted by atomic mass is 9.90. The highest BCUT2D eigenvalue weighted by atomic mass is 14.8. The zero-order chi connectivity index (χ0) is 16.8. The Hall–Kier alpha value is -1.50. The van der Waals surface area contributed by atoms with E-state index in [1.807, 2.05) is 34.7 Å². The predicted octanol–water partition coefficient (Wildman–Crippen LogP) is 6.63. The Morgan fingerprint density at radius 2 is 1.68 bits per heavy atom. The molecule has 1 aromatic rings. The molecule has 0 fully saturated rings. The molecule has 0 saturated carbocycles. The van der Waals surface area contributed by atoms with Crippen molar-refractivity contribution < 1.29 is 0 Å². The Bertz CT molecular complexity index is 426. The van der Waals surface area contributed by atoms with Crippen LogP contribution < -0.4 is 5.32 Å². The molecule has 1 nitrogen and oxygen atoms in total. The molecule has 0 bridgehead atoms. The summed E-state index contributed by atoms with van der Waals surface area (Å²) in [7, 11) is 1.96. The van der Waals surface area contributed by atoms with Gasteiger partial charge in [-0.25, -0.2) is 0 Å². The van der Waals surface area contributed by atoms with Crippen molar-refractivity contribution in [3.8, 4) is 0 Å². The van der Waals surface area contributed by atoms with E-state index in [0.29, 0.717) is 5.92 Å². The van der Waals surface area contributed by atoms with Crippen molar-refractivity contribution in [3.63, 3.8) is 0 Å². The average molecular weight is 302 g/mol. The van der Waals surface area contributed by atoms with Gasteiger partial charge in [0.15, 0.2) is 0 Å². The molecule has 124 valence electrons. The molecule has 0 saturated heterocycles. The van der Waals surface area contributed by atoms with Crippen LogP contribution in [-0.4, -0.2) is 7.05 Å². The summed E-state index contributed by atoms with van der Waals surface area (Å²) in [5.41, 5.74) is 4.12. The lowest BCUT2D eigenvalue weighted by Gasteiger charge is -2.16. The van der Waals surface area contributed by atoms with Gasteiger partial charge in [-0.05, 0) is 42.9 Å². The molecule has 0 aromatic heterocycles. The summed E-state index contributed by atoms with van der Waals surface area (Å²) in [6.45, 7) is 10.2. The first kappa shape index (κ1) is 20.5. The van der Waals surface area contributed by atoms with Crippen LogP contribution in [0.25, 0.3) is 0 Å². The molecule has 0 radical (unpaired) electrons. The molecule has 1 heteroatoms. The van der Waals surface area contributed by atoms with Crippen LogP contribution in [0.3, 0.4) is 0 Å². The highest BCUT2D eigenvalue weighted by Crippen LogP contribution is 2.23. The normalized spacial score (nSPS) is 15.7. The Kier molecular flexibility index (Phi) is 12.3. The topological polar surface area (TPSA) is 12.0 Å². The number of rotatable bonds is 5. The SMILES string of the molecule is CC.CC.CCCC1=CCC(Cc2ccc(NC)cc2)C=C1. The molecule has 0 amide bonds. The van der Waals surface area contributed by atoms with Gasteiger partial charge in [-0.15, -0.1) is 0 Å². The third kappa shape index (κ3) is 7.49. The van der Waals surface area contributed by atoms with Gasteiger partial charge in [0.1, 0.15) is 0 Å². The van der Waals surface area contributed by atoms with Crippen molar-refractivity contribution in [2.45, 2.75) is 60.3 Å². The molecule has 0 aliphatic heterocycles. The standard InChI is InChI=1S/C17H23N.2C2H6/c1-3-4-14-5-7-15(8-6-14)13-16-9-11-17(18-2)12-10-16;2*1-2/h5-7,9-12,15,18H,3-4,8,13H2,1-2H3;2*1-2H3. The number of benzene rings is 1. The highest BCUT2D eigenvalue weighted by Gasteiger charge is 2.09. The van der Waals surface area contributed by atoms with Crippen molar-refractivity contribution in [2.24, 2.45) is 5.92 Å². The molecule has 22 heavy (non-hydrogen) atoms. The number of anilines is 1. The van der Waals surface area contributed by atoms with Crippen molar-refractivity contribution in [2.75, 3.05) is 12.4 Å². The van der Waals surface area contributed by atoms with Crippen LogP contribution in [0.5, 0.6) is 0 Å². The van der Waals surface area contributed by atoms with Crippen LogP contribution in [-0.2, 0) is 6.42 Å². The summed E-state index contributed by atoms with van der Waals surface area (Å²) in [5, 5.41) is 3.15. The highest BCUT2D eigenvalue weighted by molar-refractivity contribution is 5.44. The Morgan fingerprint density at radius 1 is 1.05 bits per heavy atom. The minimum atomic E-state index is 0.672. The molecule has 1 aliphatic rings.